The molecule has 2 rings (SSSR count). The molecule has 0 aliphatic heterocycles. The molecular formula is C26H34N2O5. The Kier molecular flexibility index (Phi) is 10.9. The molecule has 0 heterocycles. The van der Waals surface area contributed by atoms with Gasteiger partial charge in [-0.15, -0.1) is 0 Å². The highest BCUT2D eigenvalue weighted by atomic mass is 16.5. The van der Waals surface area contributed by atoms with Gasteiger partial charge in [0.25, 0.3) is 0 Å². The summed E-state index contributed by atoms with van der Waals surface area (Å²) in [5.74, 6) is 2.54. The van der Waals surface area contributed by atoms with E-state index in [4.69, 9.17) is 24.2 Å². The lowest BCUT2D eigenvalue weighted by Crippen LogP contribution is -2.31. The Morgan fingerprint density at radius 2 is 1.58 bits per heavy atom. The van der Waals surface area contributed by atoms with Gasteiger partial charge in [-0.05, 0) is 49.1 Å². The topological polar surface area (TPSA) is 81.0 Å². The molecule has 0 N–H and O–H groups in total. The monoisotopic (exact) mass is 454 g/mol. The smallest absolute Gasteiger partial charge is 0.222 e. The van der Waals surface area contributed by atoms with Crippen LogP contribution in [0.25, 0.3) is 0 Å². The number of rotatable bonds is 14. The summed E-state index contributed by atoms with van der Waals surface area (Å²) in [5, 5.41) is 9.00. The van der Waals surface area contributed by atoms with E-state index in [0.29, 0.717) is 67.7 Å². The van der Waals surface area contributed by atoms with Gasteiger partial charge in [0.15, 0.2) is 23.0 Å². The molecule has 0 bridgehead atoms. The number of amides is 1. The van der Waals surface area contributed by atoms with Gasteiger partial charge in [-0.1, -0.05) is 19.9 Å². The third-order valence-electron chi connectivity index (χ3n) is 4.99. The number of hydrogen-bond acceptors (Lipinski definition) is 6. The average molecular weight is 455 g/mol. The number of hydrogen-bond donors (Lipinski definition) is 0. The molecule has 0 aromatic heterocycles. The van der Waals surface area contributed by atoms with Crippen molar-refractivity contribution in [3.05, 3.63) is 47.5 Å². The molecule has 0 aliphatic rings. The summed E-state index contributed by atoms with van der Waals surface area (Å²) in [6.45, 7) is 6.32. The van der Waals surface area contributed by atoms with Crippen molar-refractivity contribution in [2.24, 2.45) is 0 Å². The van der Waals surface area contributed by atoms with Crippen molar-refractivity contribution in [2.75, 3.05) is 34.0 Å². The average Bonchev–Trinajstić information content (AvgIpc) is 2.85. The van der Waals surface area contributed by atoms with E-state index >= 15 is 0 Å². The molecule has 0 radical (unpaired) electrons. The number of ether oxygens (including phenoxy) is 4. The zero-order valence-corrected chi connectivity index (χ0v) is 20.1. The maximum atomic E-state index is 12.9. The number of nitrogens with zero attached hydrogens (tertiary/aromatic N) is 2. The molecule has 33 heavy (non-hydrogen) atoms. The third kappa shape index (κ3) is 7.90. The lowest BCUT2D eigenvalue weighted by molar-refractivity contribution is -0.132. The number of nitriles is 1. The fourth-order valence-corrected chi connectivity index (χ4v) is 3.34. The van der Waals surface area contributed by atoms with Crippen molar-refractivity contribution >= 4 is 5.91 Å². The molecule has 0 unspecified atom stereocenters. The number of carbonyl (C=O) groups excluding carboxylic acids is 1. The molecule has 0 fully saturated rings. The predicted octanol–water partition coefficient (Wildman–Crippen LogP) is 4.96. The first-order valence-corrected chi connectivity index (χ1v) is 11.3. The fraction of sp³-hybridized carbons (Fsp3) is 0.462. The van der Waals surface area contributed by atoms with Crippen molar-refractivity contribution in [3.63, 3.8) is 0 Å². The van der Waals surface area contributed by atoms with Crippen LogP contribution in [0.5, 0.6) is 23.0 Å². The fourth-order valence-electron chi connectivity index (χ4n) is 3.34. The second-order valence-corrected chi connectivity index (χ2v) is 7.58. The van der Waals surface area contributed by atoms with Crippen LogP contribution in [0, 0.1) is 11.3 Å². The van der Waals surface area contributed by atoms with Gasteiger partial charge in [0.1, 0.15) is 0 Å². The second kappa shape index (κ2) is 13.9. The van der Waals surface area contributed by atoms with Gasteiger partial charge in [-0.2, -0.15) is 5.26 Å². The second-order valence-electron chi connectivity index (χ2n) is 7.58. The summed E-state index contributed by atoms with van der Waals surface area (Å²) in [6.07, 6.45) is 2.76. The Hall–Kier alpha value is -3.40. The molecular weight excluding hydrogens is 420 g/mol. The first kappa shape index (κ1) is 25.9. The van der Waals surface area contributed by atoms with Gasteiger partial charge in [-0.25, -0.2) is 0 Å². The van der Waals surface area contributed by atoms with Crippen molar-refractivity contribution < 1.29 is 23.7 Å². The van der Waals surface area contributed by atoms with Gasteiger partial charge in [0, 0.05) is 25.6 Å². The molecule has 0 spiro atoms. The van der Waals surface area contributed by atoms with Crippen molar-refractivity contribution in [1.29, 1.82) is 5.26 Å². The molecule has 0 saturated heterocycles. The maximum absolute atomic E-state index is 12.9. The largest absolute Gasteiger partial charge is 0.493 e. The Labute approximate surface area is 196 Å². The summed E-state index contributed by atoms with van der Waals surface area (Å²) in [5.41, 5.74) is 1.50. The first-order chi connectivity index (χ1) is 16.1. The summed E-state index contributed by atoms with van der Waals surface area (Å²) in [7, 11) is 3.16. The normalized spacial score (nSPS) is 10.3. The van der Waals surface area contributed by atoms with E-state index in [9.17, 15) is 4.79 Å². The van der Waals surface area contributed by atoms with Crippen LogP contribution in [0.2, 0.25) is 0 Å². The lowest BCUT2D eigenvalue weighted by Gasteiger charge is -2.23. The van der Waals surface area contributed by atoms with Gasteiger partial charge < -0.3 is 23.8 Å². The van der Waals surface area contributed by atoms with Gasteiger partial charge >= 0.3 is 0 Å². The molecule has 2 aromatic carbocycles. The van der Waals surface area contributed by atoms with Crippen LogP contribution >= 0.6 is 0 Å². The molecule has 0 saturated carbocycles. The van der Waals surface area contributed by atoms with Crippen molar-refractivity contribution in [2.45, 2.75) is 46.1 Å². The van der Waals surface area contributed by atoms with E-state index in [1.807, 2.05) is 23.1 Å². The minimum atomic E-state index is 0.0810. The molecule has 0 atom stereocenters. The zero-order chi connectivity index (χ0) is 24.1. The number of benzene rings is 2. The Morgan fingerprint density at radius 1 is 0.909 bits per heavy atom. The quantitative estimate of drug-likeness (QED) is 0.375. The van der Waals surface area contributed by atoms with Crippen LogP contribution in [0.1, 0.15) is 50.7 Å². The number of methoxy groups -OCH3 is 2. The standard InChI is InChI=1S/C26H34N2O5/c1-5-13-28(19-21-10-12-22(32-14-6-2)25(17-21)31-4)26(29)8-7-15-33-23-11-9-20(18-27)16-24(23)30-3/h9-12,16-17H,5-8,13-15,19H2,1-4H3. The molecule has 2 aromatic rings. The summed E-state index contributed by atoms with van der Waals surface area (Å²) >= 11 is 0. The minimum absolute atomic E-state index is 0.0810. The van der Waals surface area contributed by atoms with Crippen LogP contribution < -0.4 is 18.9 Å². The SMILES string of the molecule is CCCOc1ccc(CN(CCC)C(=O)CCCOc2ccc(C#N)cc2OC)cc1OC. The zero-order valence-electron chi connectivity index (χ0n) is 20.1. The first-order valence-electron chi connectivity index (χ1n) is 11.3. The highest BCUT2D eigenvalue weighted by Gasteiger charge is 2.15. The van der Waals surface area contributed by atoms with Crippen molar-refractivity contribution in [1.82, 2.24) is 4.90 Å². The predicted molar refractivity (Wildman–Crippen MR) is 127 cm³/mol. The molecule has 1 amide bonds. The maximum Gasteiger partial charge on any atom is 0.222 e. The Balaban J connectivity index is 1.93. The van der Waals surface area contributed by atoms with E-state index in [0.717, 1.165) is 18.4 Å². The Morgan fingerprint density at radius 3 is 2.21 bits per heavy atom. The van der Waals surface area contributed by atoms with E-state index in [-0.39, 0.29) is 5.91 Å². The third-order valence-corrected chi connectivity index (χ3v) is 4.99. The van der Waals surface area contributed by atoms with Gasteiger partial charge in [-0.3, -0.25) is 4.79 Å². The minimum Gasteiger partial charge on any atom is -0.493 e. The molecule has 178 valence electrons. The van der Waals surface area contributed by atoms with Gasteiger partial charge in [0.05, 0.1) is 39.1 Å². The van der Waals surface area contributed by atoms with Crippen LogP contribution in [0.15, 0.2) is 36.4 Å². The summed E-state index contributed by atoms with van der Waals surface area (Å²) in [4.78, 5) is 14.7. The van der Waals surface area contributed by atoms with Crippen LogP contribution in [-0.2, 0) is 11.3 Å². The van der Waals surface area contributed by atoms with E-state index in [1.54, 1.807) is 25.3 Å². The van der Waals surface area contributed by atoms with Crippen LogP contribution in [0.3, 0.4) is 0 Å². The van der Waals surface area contributed by atoms with Crippen molar-refractivity contribution in [3.8, 4) is 29.1 Å². The summed E-state index contributed by atoms with van der Waals surface area (Å²) in [6, 6.07) is 12.9. The van der Waals surface area contributed by atoms with Crippen LogP contribution in [-0.4, -0.2) is 44.8 Å². The molecule has 7 nitrogen and oxygen atoms in total. The summed E-state index contributed by atoms with van der Waals surface area (Å²) < 4.78 is 22.2. The number of carbonyl (C=O) groups is 1. The molecule has 7 heteroatoms. The van der Waals surface area contributed by atoms with Gasteiger partial charge in [0.2, 0.25) is 5.91 Å². The Bertz CT molecular complexity index is 939. The van der Waals surface area contributed by atoms with Crippen LogP contribution in [0.4, 0.5) is 0 Å². The van der Waals surface area contributed by atoms with E-state index < -0.39 is 0 Å². The van der Waals surface area contributed by atoms with E-state index in [1.165, 1.54) is 7.11 Å². The van der Waals surface area contributed by atoms with E-state index in [2.05, 4.69) is 19.9 Å². The molecule has 0 aliphatic carbocycles. The lowest BCUT2D eigenvalue weighted by atomic mass is 10.1. The highest BCUT2D eigenvalue weighted by Crippen LogP contribution is 2.29. The highest BCUT2D eigenvalue weighted by molar-refractivity contribution is 5.76.